The molecule has 0 bridgehead atoms. The molecule has 1 saturated heterocycles. The second kappa shape index (κ2) is 4.52. The molecule has 2 aliphatic heterocycles. The van der Waals surface area contributed by atoms with Crippen molar-refractivity contribution in [1.82, 2.24) is 4.90 Å². The van der Waals surface area contributed by atoms with Crippen molar-refractivity contribution < 1.29 is 0 Å². The van der Waals surface area contributed by atoms with Crippen LogP contribution in [-0.4, -0.2) is 35.1 Å². The highest BCUT2D eigenvalue weighted by Gasteiger charge is 2.51. The summed E-state index contributed by atoms with van der Waals surface area (Å²) in [4.78, 5) is 11.8. The first-order chi connectivity index (χ1) is 9.44. The van der Waals surface area contributed by atoms with Gasteiger partial charge in [-0.3, -0.25) is 9.89 Å². The molecule has 0 amide bonds. The van der Waals surface area contributed by atoms with E-state index in [1.165, 1.54) is 11.3 Å². The Hall–Kier alpha value is -1.48. The van der Waals surface area contributed by atoms with Gasteiger partial charge < -0.3 is 0 Å². The molecule has 2 aliphatic rings. The van der Waals surface area contributed by atoms with Crippen LogP contribution in [0.1, 0.15) is 39.7 Å². The molecule has 0 aromatic heterocycles. The lowest BCUT2D eigenvalue weighted by atomic mass is 9.75. The van der Waals surface area contributed by atoms with Gasteiger partial charge in [0.05, 0.1) is 5.54 Å². The average Bonchev–Trinajstić information content (AvgIpc) is 2.88. The van der Waals surface area contributed by atoms with Crippen LogP contribution in [-0.2, 0) is 5.54 Å². The van der Waals surface area contributed by atoms with Crippen molar-refractivity contribution in [1.29, 1.82) is 0 Å². The van der Waals surface area contributed by atoms with Crippen molar-refractivity contribution in [3.05, 3.63) is 35.9 Å². The number of hydrogen-bond donors (Lipinski definition) is 0. The SMILES string of the molecule is CC(C)(C)N1CCC2=NC=NC2C1(C)c1ccccc1. The molecule has 1 aromatic carbocycles. The van der Waals surface area contributed by atoms with Crippen molar-refractivity contribution in [2.24, 2.45) is 9.98 Å². The summed E-state index contributed by atoms with van der Waals surface area (Å²) < 4.78 is 0. The normalized spacial score (nSPS) is 30.2. The minimum absolute atomic E-state index is 0.105. The fraction of sp³-hybridized carbons (Fsp3) is 0.529. The zero-order chi connectivity index (χ0) is 14.4. The minimum Gasteiger partial charge on any atom is -0.286 e. The van der Waals surface area contributed by atoms with Crippen LogP contribution >= 0.6 is 0 Å². The van der Waals surface area contributed by atoms with Gasteiger partial charge in [-0.05, 0) is 33.3 Å². The Morgan fingerprint density at radius 2 is 1.90 bits per heavy atom. The van der Waals surface area contributed by atoms with Crippen LogP contribution < -0.4 is 0 Å². The molecule has 0 aliphatic carbocycles. The Morgan fingerprint density at radius 1 is 1.20 bits per heavy atom. The van der Waals surface area contributed by atoms with Crippen LogP contribution in [0.15, 0.2) is 40.3 Å². The van der Waals surface area contributed by atoms with Crippen LogP contribution in [0.25, 0.3) is 0 Å². The number of aliphatic imine (C=N–C) groups is 2. The van der Waals surface area contributed by atoms with Gasteiger partial charge in [-0.1, -0.05) is 30.3 Å². The average molecular weight is 269 g/mol. The molecule has 20 heavy (non-hydrogen) atoms. The van der Waals surface area contributed by atoms with Gasteiger partial charge in [0.2, 0.25) is 0 Å². The van der Waals surface area contributed by atoms with E-state index in [2.05, 4.69) is 72.9 Å². The third-order valence-electron chi connectivity index (χ3n) is 4.61. The first-order valence-corrected chi connectivity index (χ1v) is 7.35. The maximum absolute atomic E-state index is 4.68. The van der Waals surface area contributed by atoms with Gasteiger partial charge in [-0.2, -0.15) is 0 Å². The first kappa shape index (κ1) is 13.5. The van der Waals surface area contributed by atoms with Crippen LogP contribution in [0.3, 0.4) is 0 Å². The lowest BCUT2D eigenvalue weighted by molar-refractivity contribution is 0.000556. The van der Waals surface area contributed by atoms with Gasteiger partial charge in [0.25, 0.3) is 0 Å². The fourth-order valence-electron chi connectivity index (χ4n) is 3.73. The number of fused-ring (bicyclic) bond motifs is 1. The maximum Gasteiger partial charge on any atom is 0.112 e. The van der Waals surface area contributed by atoms with Crippen LogP contribution in [0.5, 0.6) is 0 Å². The highest BCUT2D eigenvalue weighted by atomic mass is 15.3. The Bertz CT molecular complexity index is 553. The molecule has 2 atom stereocenters. The standard InChI is InChI=1S/C17H23N3/c1-16(2,3)20-11-10-14-15(19-12-18-14)17(20,4)13-8-6-5-7-9-13/h5-9,12,15H,10-11H2,1-4H3. The Kier molecular flexibility index (Phi) is 3.05. The number of piperidine rings is 1. The summed E-state index contributed by atoms with van der Waals surface area (Å²) in [5.41, 5.74) is 2.54. The second-order valence-corrected chi connectivity index (χ2v) is 6.87. The van der Waals surface area contributed by atoms with Crippen LogP contribution in [0.2, 0.25) is 0 Å². The van der Waals surface area contributed by atoms with Gasteiger partial charge in [-0.15, -0.1) is 0 Å². The molecule has 0 saturated carbocycles. The van der Waals surface area contributed by atoms with Crippen molar-refractivity contribution >= 4 is 12.1 Å². The maximum atomic E-state index is 4.68. The molecule has 106 valence electrons. The summed E-state index contributed by atoms with van der Waals surface area (Å²) in [5, 5.41) is 0. The van der Waals surface area contributed by atoms with Crippen molar-refractivity contribution in [2.45, 2.75) is 51.2 Å². The molecule has 1 fully saturated rings. The number of likely N-dealkylation sites (tertiary alicyclic amines) is 1. The first-order valence-electron chi connectivity index (χ1n) is 7.35. The summed E-state index contributed by atoms with van der Waals surface area (Å²) in [6.07, 6.45) is 2.76. The van der Waals surface area contributed by atoms with Crippen LogP contribution in [0, 0.1) is 0 Å². The molecular weight excluding hydrogens is 246 g/mol. The van der Waals surface area contributed by atoms with E-state index in [1.807, 2.05) is 0 Å². The predicted octanol–water partition coefficient (Wildman–Crippen LogP) is 3.26. The molecule has 0 spiro atoms. The molecular formula is C17H23N3. The molecule has 0 radical (unpaired) electrons. The highest BCUT2D eigenvalue weighted by molar-refractivity contribution is 6.00. The van der Waals surface area contributed by atoms with E-state index < -0.39 is 0 Å². The molecule has 0 N–H and O–H groups in total. The molecule has 1 aromatic rings. The topological polar surface area (TPSA) is 28.0 Å². The van der Waals surface area contributed by atoms with Gasteiger partial charge in [-0.25, -0.2) is 4.99 Å². The van der Waals surface area contributed by atoms with Crippen LogP contribution in [0.4, 0.5) is 0 Å². The third kappa shape index (κ3) is 1.92. The van der Waals surface area contributed by atoms with E-state index in [0.29, 0.717) is 0 Å². The summed E-state index contributed by atoms with van der Waals surface area (Å²) in [5.74, 6) is 0. The van der Waals surface area contributed by atoms with E-state index in [9.17, 15) is 0 Å². The number of hydrogen-bond acceptors (Lipinski definition) is 3. The molecule has 2 heterocycles. The Morgan fingerprint density at radius 3 is 2.55 bits per heavy atom. The van der Waals surface area contributed by atoms with E-state index in [0.717, 1.165) is 13.0 Å². The van der Waals surface area contributed by atoms with Crippen molar-refractivity contribution in [3.63, 3.8) is 0 Å². The summed E-state index contributed by atoms with van der Waals surface area (Å²) in [7, 11) is 0. The lowest BCUT2D eigenvalue weighted by Crippen LogP contribution is -2.63. The molecule has 3 rings (SSSR count). The second-order valence-electron chi connectivity index (χ2n) is 6.87. The highest BCUT2D eigenvalue weighted by Crippen LogP contribution is 2.43. The number of rotatable bonds is 1. The largest absolute Gasteiger partial charge is 0.286 e. The zero-order valence-corrected chi connectivity index (χ0v) is 12.8. The molecule has 3 nitrogen and oxygen atoms in total. The van der Waals surface area contributed by atoms with E-state index in [4.69, 9.17) is 0 Å². The zero-order valence-electron chi connectivity index (χ0n) is 12.8. The van der Waals surface area contributed by atoms with Gasteiger partial charge in [0.1, 0.15) is 12.4 Å². The van der Waals surface area contributed by atoms with Gasteiger partial charge in [0.15, 0.2) is 0 Å². The molecule has 2 unspecified atom stereocenters. The summed E-state index contributed by atoms with van der Waals surface area (Å²) >= 11 is 0. The van der Waals surface area contributed by atoms with Crippen molar-refractivity contribution in [3.8, 4) is 0 Å². The van der Waals surface area contributed by atoms with E-state index >= 15 is 0 Å². The van der Waals surface area contributed by atoms with E-state index in [1.54, 1.807) is 6.34 Å². The summed E-state index contributed by atoms with van der Waals surface area (Å²) in [6, 6.07) is 10.9. The number of nitrogens with zero attached hydrogens (tertiary/aromatic N) is 3. The Labute approximate surface area is 121 Å². The summed E-state index contributed by atoms with van der Waals surface area (Å²) in [6.45, 7) is 10.2. The van der Waals surface area contributed by atoms with E-state index in [-0.39, 0.29) is 17.1 Å². The van der Waals surface area contributed by atoms with Gasteiger partial charge in [0, 0.05) is 24.2 Å². The molecule has 3 heteroatoms. The quantitative estimate of drug-likeness (QED) is 0.769. The number of benzene rings is 1. The fourth-order valence-corrected chi connectivity index (χ4v) is 3.73. The lowest BCUT2D eigenvalue weighted by Gasteiger charge is -2.54. The smallest absolute Gasteiger partial charge is 0.112 e. The predicted molar refractivity (Wildman–Crippen MR) is 84.6 cm³/mol. The van der Waals surface area contributed by atoms with Gasteiger partial charge >= 0.3 is 0 Å². The third-order valence-corrected chi connectivity index (χ3v) is 4.61. The minimum atomic E-state index is -0.121. The monoisotopic (exact) mass is 269 g/mol. The van der Waals surface area contributed by atoms with Crippen molar-refractivity contribution in [2.75, 3.05) is 6.54 Å². The Balaban J connectivity index is 2.13.